The highest BCUT2D eigenvalue weighted by Crippen LogP contribution is 2.28. The third-order valence-electron chi connectivity index (χ3n) is 5.63. The van der Waals surface area contributed by atoms with E-state index in [0.717, 1.165) is 50.6 Å². The molecule has 2 fully saturated rings. The van der Waals surface area contributed by atoms with Gasteiger partial charge in [-0.1, -0.05) is 23.2 Å². The molecule has 0 saturated carbocycles. The van der Waals surface area contributed by atoms with Crippen LogP contribution < -0.4 is 10.5 Å². The molecule has 2 aliphatic rings. The van der Waals surface area contributed by atoms with Crippen molar-refractivity contribution in [1.29, 1.82) is 0 Å². The molecule has 0 aromatic heterocycles. The summed E-state index contributed by atoms with van der Waals surface area (Å²) < 4.78 is 6.09. The first-order valence-corrected chi connectivity index (χ1v) is 10.7. The van der Waals surface area contributed by atoms with Crippen LogP contribution in [0.5, 0.6) is 5.75 Å². The number of hydrogen-bond donors (Lipinski definition) is 1. The SMILES string of the molecule is NCCCN1CCC(CN2CCC(Oc3ccc(Cl)c(Cl)c3)CC2)CC1. The summed E-state index contributed by atoms with van der Waals surface area (Å²) in [4.78, 5) is 5.19. The van der Waals surface area contributed by atoms with Crippen molar-refractivity contribution >= 4 is 23.2 Å². The van der Waals surface area contributed by atoms with E-state index in [9.17, 15) is 0 Å². The molecule has 4 nitrogen and oxygen atoms in total. The molecule has 0 radical (unpaired) electrons. The van der Waals surface area contributed by atoms with E-state index in [1.165, 1.54) is 39.0 Å². The predicted octanol–water partition coefficient (Wildman–Crippen LogP) is 3.90. The standard InChI is InChI=1S/C20H31Cl2N3O/c21-19-3-2-18(14-20(19)22)26-17-6-12-25(13-7-17)15-16-4-10-24(11-5-16)9-1-8-23/h2-3,14,16-17H,1,4-13,15,23H2. The first-order chi connectivity index (χ1) is 12.6. The number of likely N-dealkylation sites (tertiary alicyclic amines) is 2. The Bertz CT molecular complexity index is 556. The molecule has 6 heteroatoms. The number of ether oxygens (including phenoxy) is 1. The van der Waals surface area contributed by atoms with E-state index >= 15 is 0 Å². The molecule has 2 aliphatic heterocycles. The molecule has 2 N–H and O–H groups in total. The zero-order chi connectivity index (χ0) is 18.4. The van der Waals surface area contributed by atoms with Crippen molar-refractivity contribution in [2.75, 3.05) is 45.8 Å². The summed E-state index contributed by atoms with van der Waals surface area (Å²) in [6.45, 7) is 7.94. The van der Waals surface area contributed by atoms with Crippen molar-refractivity contribution in [2.24, 2.45) is 11.7 Å². The third kappa shape index (κ3) is 6.00. The smallest absolute Gasteiger partial charge is 0.121 e. The molecule has 2 saturated heterocycles. The van der Waals surface area contributed by atoms with Crippen LogP contribution in [-0.2, 0) is 0 Å². The van der Waals surface area contributed by atoms with Crippen LogP contribution in [0.25, 0.3) is 0 Å². The Kier molecular flexibility index (Phi) is 7.89. The minimum Gasteiger partial charge on any atom is -0.490 e. The maximum Gasteiger partial charge on any atom is 0.121 e. The van der Waals surface area contributed by atoms with Crippen LogP contribution >= 0.6 is 23.2 Å². The predicted molar refractivity (Wildman–Crippen MR) is 109 cm³/mol. The topological polar surface area (TPSA) is 41.7 Å². The molecule has 146 valence electrons. The lowest BCUT2D eigenvalue weighted by molar-refractivity contribution is 0.0781. The second-order valence-electron chi connectivity index (χ2n) is 7.62. The van der Waals surface area contributed by atoms with Crippen molar-refractivity contribution in [2.45, 2.75) is 38.2 Å². The summed E-state index contributed by atoms with van der Waals surface area (Å²) in [5.74, 6) is 1.67. The zero-order valence-electron chi connectivity index (χ0n) is 15.5. The van der Waals surface area contributed by atoms with Gasteiger partial charge in [-0.2, -0.15) is 0 Å². The van der Waals surface area contributed by atoms with E-state index in [0.29, 0.717) is 10.0 Å². The molecule has 0 unspecified atom stereocenters. The van der Waals surface area contributed by atoms with Gasteiger partial charge in [0.15, 0.2) is 0 Å². The van der Waals surface area contributed by atoms with Gasteiger partial charge in [-0.25, -0.2) is 0 Å². The van der Waals surface area contributed by atoms with E-state index in [1.807, 2.05) is 12.1 Å². The van der Waals surface area contributed by atoms with E-state index in [-0.39, 0.29) is 6.10 Å². The van der Waals surface area contributed by atoms with Crippen LogP contribution in [0.15, 0.2) is 18.2 Å². The number of nitrogens with zero attached hydrogens (tertiary/aromatic N) is 2. The van der Waals surface area contributed by atoms with Crippen LogP contribution in [0.1, 0.15) is 32.1 Å². The van der Waals surface area contributed by atoms with Crippen molar-refractivity contribution in [1.82, 2.24) is 9.80 Å². The first kappa shape index (κ1) is 20.2. The van der Waals surface area contributed by atoms with Gasteiger partial charge in [0.25, 0.3) is 0 Å². The Morgan fingerprint density at radius 3 is 2.31 bits per heavy atom. The average Bonchev–Trinajstić information content (AvgIpc) is 2.66. The zero-order valence-corrected chi connectivity index (χ0v) is 17.0. The lowest BCUT2D eigenvalue weighted by atomic mass is 9.95. The number of piperidine rings is 2. The fourth-order valence-electron chi connectivity index (χ4n) is 4.02. The molecule has 0 spiro atoms. The molecule has 0 bridgehead atoms. The van der Waals surface area contributed by atoms with E-state index in [1.54, 1.807) is 6.07 Å². The normalized spacial score (nSPS) is 21.2. The van der Waals surface area contributed by atoms with Crippen molar-refractivity contribution in [3.63, 3.8) is 0 Å². The van der Waals surface area contributed by atoms with E-state index in [2.05, 4.69) is 9.80 Å². The Balaban J connectivity index is 1.36. The van der Waals surface area contributed by atoms with Gasteiger partial charge in [-0.15, -0.1) is 0 Å². The maximum absolute atomic E-state index is 6.09. The van der Waals surface area contributed by atoms with Crippen molar-refractivity contribution < 1.29 is 4.74 Å². The largest absolute Gasteiger partial charge is 0.490 e. The van der Waals surface area contributed by atoms with Crippen LogP contribution in [0.2, 0.25) is 10.0 Å². The number of halogens is 2. The molecular formula is C20H31Cl2N3O. The fraction of sp³-hybridized carbons (Fsp3) is 0.700. The van der Waals surface area contributed by atoms with Gasteiger partial charge >= 0.3 is 0 Å². The van der Waals surface area contributed by atoms with Gasteiger partial charge in [-0.3, -0.25) is 0 Å². The van der Waals surface area contributed by atoms with E-state index < -0.39 is 0 Å². The summed E-state index contributed by atoms with van der Waals surface area (Å²) in [6, 6.07) is 5.52. The molecule has 2 heterocycles. The third-order valence-corrected chi connectivity index (χ3v) is 6.37. The molecule has 0 amide bonds. The number of hydrogen-bond acceptors (Lipinski definition) is 4. The summed E-state index contributed by atoms with van der Waals surface area (Å²) in [6.07, 6.45) is 6.21. The van der Waals surface area contributed by atoms with Gasteiger partial charge in [0, 0.05) is 25.7 Å². The highest BCUT2D eigenvalue weighted by Gasteiger charge is 2.25. The quantitative estimate of drug-likeness (QED) is 0.754. The highest BCUT2D eigenvalue weighted by molar-refractivity contribution is 6.42. The summed E-state index contributed by atoms with van der Waals surface area (Å²) in [5.41, 5.74) is 5.61. The summed E-state index contributed by atoms with van der Waals surface area (Å²) >= 11 is 12.0. The molecular weight excluding hydrogens is 369 g/mol. The average molecular weight is 400 g/mol. The van der Waals surface area contributed by atoms with Crippen LogP contribution in [0.4, 0.5) is 0 Å². The summed E-state index contributed by atoms with van der Waals surface area (Å²) in [7, 11) is 0. The maximum atomic E-state index is 6.09. The minimum absolute atomic E-state index is 0.279. The lowest BCUT2D eigenvalue weighted by Crippen LogP contribution is -2.43. The second-order valence-corrected chi connectivity index (χ2v) is 8.44. The lowest BCUT2D eigenvalue weighted by Gasteiger charge is -2.37. The van der Waals surface area contributed by atoms with Gasteiger partial charge in [0.05, 0.1) is 10.0 Å². The number of nitrogens with two attached hydrogens (primary N) is 1. The number of rotatable bonds is 7. The van der Waals surface area contributed by atoms with Crippen molar-refractivity contribution in [3.8, 4) is 5.75 Å². The minimum atomic E-state index is 0.279. The molecule has 3 rings (SSSR count). The Labute approximate surface area is 167 Å². The molecule has 1 aromatic rings. The molecule has 26 heavy (non-hydrogen) atoms. The van der Waals surface area contributed by atoms with Gasteiger partial charge in [-0.05, 0) is 76.3 Å². The van der Waals surface area contributed by atoms with Gasteiger partial charge in [0.1, 0.15) is 11.9 Å². The van der Waals surface area contributed by atoms with Gasteiger partial charge < -0.3 is 20.3 Å². The Morgan fingerprint density at radius 1 is 0.962 bits per heavy atom. The van der Waals surface area contributed by atoms with Gasteiger partial charge in [0.2, 0.25) is 0 Å². The van der Waals surface area contributed by atoms with Crippen molar-refractivity contribution in [3.05, 3.63) is 28.2 Å². The molecule has 1 aromatic carbocycles. The highest BCUT2D eigenvalue weighted by atomic mass is 35.5. The second kappa shape index (κ2) is 10.1. The number of benzene rings is 1. The molecule has 0 atom stereocenters. The molecule has 0 aliphatic carbocycles. The van der Waals surface area contributed by atoms with Crippen LogP contribution in [0.3, 0.4) is 0 Å². The fourth-order valence-corrected chi connectivity index (χ4v) is 4.31. The summed E-state index contributed by atoms with van der Waals surface area (Å²) in [5, 5.41) is 1.13. The van der Waals surface area contributed by atoms with Crippen LogP contribution in [0, 0.1) is 5.92 Å². The first-order valence-electron chi connectivity index (χ1n) is 9.90. The van der Waals surface area contributed by atoms with Crippen LogP contribution in [-0.4, -0.2) is 61.7 Å². The Hall–Kier alpha value is -0.520. The monoisotopic (exact) mass is 399 g/mol. The Morgan fingerprint density at radius 2 is 1.65 bits per heavy atom. The van der Waals surface area contributed by atoms with E-state index in [4.69, 9.17) is 33.7 Å².